The highest BCUT2D eigenvalue weighted by Crippen LogP contribution is 2.43. The van der Waals surface area contributed by atoms with E-state index in [1.807, 2.05) is 0 Å². The zero-order chi connectivity index (χ0) is 51.8. The molecule has 0 aliphatic heterocycles. The third kappa shape index (κ3) is 6.56. The Balaban J connectivity index is 1.09. The van der Waals surface area contributed by atoms with Gasteiger partial charge in [0.2, 0.25) is 0 Å². The molecule has 0 radical (unpaired) electrons. The molecule has 366 valence electrons. The summed E-state index contributed by atoms with van der Waals surface area (Å²) in [6, 6.07) is 81.0. The summed E-state index contributed by atoms with van der Waals surface area (Å²) in [6.07, 6.45) is 0. The minimum atomic E-state index is -2.81. The van der Waals surface area contributed by atoms with Crippen molar-refractivity contribution in [1.82, 2.24) is 13.5 Å². The number of nitrogens with zero attached hydrogens (tertiary/aromatic N) is 3. The lowest BCUT2D eigenvalue weighted by atomic mass is 9.85. The van der Waals surface area contributed by atoms with E-state index in [2.05, 4.69) is 280 Å². The van der Waals surface area contributed by atoms with Crippen LogP contribution in [-0.4, -0.2) is 21.6 Å². The van der Waals surface area contributed by atoms with Gasteiger partial charge in [-0.1, -0.05) is 205 Å². The lowest BCUT2D eigenvalue weighted by Crippen LogP contribution is -2.74. The van der Waals surface area contributed by atoms with E-state index >= 15 is 9.59 Å². The molecule has 0 atom stereocenters. The van der Waals surface area contributed by atoms with Gasteiger partial charge in [-0.2, -0.15) is 0 Å². The molecule has 0 bridgehead atoms. The van der Waals surface area contributed by atoms with Crippen molar-refractivity contribution in [2.45, 2.75) is 52.4 Å². The zero-order valence-corrected chi connectivity index (χ0v) is 44.5. The first-order chi connectivity index (χ1) is 36.8. The van der Waals surface area contributed by atoms with Crippen molar-refractivity contribution in [3.63, 3.8) is 0 Å². The zero-order valence-electron chi connectivity index (χ0n) is 43.5. The van der Waals surface area contributed by atoms with Crippen LogP contribution in [0.25, 0.3) is 93.1 Å². The molecule has 6 heteroatoms. The van der Waals surface area contributed by atoms with Crippen molar-refractivity contribution in [1.29, 1.82) is 0 Å². The second-order valence-corrected chi connectivity index (χ2v) is 26.6. The van der Waals surface area contributed by atoms with E-state index in [4.69, 9.17) is 0 Å². The number of benzene rings is 10. The predicted octanol–water partition coefficient (Wildman–Crippen LogP) is 13.7. The first-order valence-electron chi connectivity index (χ1n) is 26.4. The summed E-state index contributed by atoms with van der Waals surface area (Å²) in [4.78, 5) is 30.9. The van der Waals surface area contributed by atoms with Crippen LogP contribution < -0.4 is 31.6 Å². The number of fused-ring (bicyclic) bond motifs is 11. The molecule has 76 heavy (non-hydrogen) atoms. The van der Waals surface area contributed by atoms with Gasteiger partial charge in [0.1, 0.15) is 0 Å². The van der Waals surface area contributed by atoms with Crippen molar-refractivity contribution in [3.05, 3.63) is 256 Å². The summed E-state index contributed by atoms with van der Waals surface area (Å²) >= 11 is 0. The normalized spacial score (nSPS) is 12.7. The Bertz CT molecular complexity index is 4570. The molecular weight excluding hydrogens is 943 g/mol. The molecule has 0 spiro atoms. The van der Waals surface area contributed by atoms with Crippen LogP contribution in [0.2, 0.25) is 0 Å². The van der Waals surface area contributed by atoms with Crippen LogP contribution in [0.15, 0.2) is 234 Å². The van der Waals surface area contributed by atoms with E-state index in [1.54, 1.807) is 0 Å². The van der Waals surface area contributed by atoms with E-state index in [1.165, 1.54) is 20.7 Å². The third-order valence-electron chi connectivity index (χ3n) is 16.4. The summed E-state index contributed by atoms with van der Waals surface area (Å²) in [7, 11) is -2.81. The van der Waals surface area contributed by atoms with Crippen LogP contribution in [0, 0.1) is 0 Å². The maximum atomic E-state index is 15.5. The minimum Gasteiger partial charge on any atom is -0.308 e. The summed E-state index contributed by atoms with van der Waals surface area (Å²) in [5.41, 5.74) is 9.77. The number of aromatic nitrogens is 3. The van der Waals surface area contributed by atoms with Gasteiger partial charge in [-0.3, -0.25) is 9.59 Å². The number of para-hydroxylation sites is 2. The van der Waals surface area contributed by atoms with Crippen molar-refractivity contribution in [3.8, 4) is 11.4 Å². The van der Waals surface area contributed by atoms with Gasteiger partial charge in [0.15, 0.2) is 18.9 Å². The highest BCUT2D eigenvalue weighted by atomic mass is 28.3. The lowest BCUT2D eigenvalue weighted by molar-refractivity contribution is 0.591. The van der Waals surface area contributed by atoms with Gasteiger partial charge in [0.25, 0.3) is 0 Å². The van der Waals surface area contributed by atoms with E-state index in [0.717, 1.165) is 77.1 Å². The summed E-state index contributed by atoms with van der Waals surface area (Å²) in [5, 5.41) is 12.0. The molecule has 0 aliphatic rings. The maximum Gasteiger partial charge on any atom is 0.197 e. The molecule has 0 unspecified atom stereocenters. The standard InChI is InChI=1S/C70H55N3O2Si/c1-69(2,3)44-30-38-62-56(40-44)67(74)58-42-47(43-59-64(58)73(62)63-39-31-45(70(4,5)6)41-57(63)68(59)75)72-61-29-19-17-27-53(61)55-37-36-54-52-26-16-18-28-60(52)71(65(54)66(55)72)46-32-34-51(35-33-46)76(48-20-10-7-11-21-48,49-22-12-8-13-23-49)50-24-14-9-15-25-50/h7-43H,1-6H3. The fourth-order valence-corrected chi connectivity index (χ4v) is 17.5. The molecule has 0 aliphatic carbocycles. The second-order valence-electron chi connectivity index (χ2n) is 22.8. The van der Waals surface area contributed by atoms with Crippen molar-refractivity contribution < 1.29 is 0 Å². The highest BCUT2D eigenvalue weighted by Gasteiger charge is 2.41. The van der Waals surface area contributed by atoms with Gasteiger partial charge in [-0.15, -0.1) is 0 Å². The highest BCUT2D eigenvalue weighted by molar-refractivity contribution is 7.19. The molecular formula is C70H55N3O2Si. The molecule has 14 aromatic rings. The van der Waals surface area contributed by atoms with Crippen molar-refractivity contribution >= 4 is 111 Å². The van der Waals surface area contributed by atoms with Crippen LogP contribution in [-0.2, 0) is 10.8 Å². The van der Waals surface area contributed by atoms with Gasteiger partial charge in [0, 0.05) is 54.5 Å². The molecule has 5 nitrogen and oxygen atoms in total. The van der Waals surface area contributed by atoms with Gasteiger partial charge >= 0.3 is 0 Å². The predicted molar refractivity (Wildman–Crippen MR) is 323 cm³/mol. The van der Waals surface area contributed by atoms with E-state index in [0.29, 0.717) is 27.1 Å². The molecule has 14 rings (SSSR count). The SMILES string of the molecule is CC(C)(C)c1ccc2c(c1)c(=O)c1cc(-n3c4ccccc4c4ccc5c6ccccc6n(-c6ccc([Si](c7ccccc7)(c7ccccc7)c7ccccc7)cc6)c5c43)cc3c(=O)c4cc(C(C)(C)C)ccc4n2c13. The van der Waals surface area contributed by atoms with Crippen LogP contribution >= 0.6 is 0 Å². The Hall–Kier alpha value is -8.84. The summed E-state index contributed by atoms with van der Waals surface area (Å²) < 4.78 is 6.92. The quantitative estimate of drug-likeness (QED) is 0.0721. The van der Waals surface area contributed by atoms with Crippen LogP contribution in [0.3, 0.4) is 0 Å². The Morgan fingerprint density at radius 3 is 1.11 bits per heavy atom. The van der Waals surface area contributed by atoms with Crippen molar-refractivity contribution in [2.24, 2.45) is 0 Å². The fraction of sp³-hybridized carbons (Fsp3) is 0.114. The van der Waals surface area contributed by atoms with Gasteiger partial charge in [-0.25, -0.2) is 0 Å². The molecule has 0 saturated heterocycles. The number of pyridine rings is 2. The average molecular weight is 998 g/mol. The molecule has 0 saturated carbocycles. The second kappa shape index (κ2) is 16.6. The number of hydrogen-bond acceptors (Lipinski definition) is 2. The molecule has 10 aromatic carbocycles. The van der Waals surface area contributed by atoms with Crippen LogP contribution in [0.1, 0.15) is 52.7 Å². The molecule has 4 heterocycles. The van der Waals surface area contributed by atoms with Gasteiger partial charge < -0.3 is 13.5 Å². The number of hydrogen-bond donors (Lipinski definition) is 0. The van der Waals surface area contributed by atoms with E-state index in [-0.39, 0.29) is 21.7 Å². The van der Waals surface area contributed by atoms with Gasteiger partial charge in [-0.05, 0) is 103 Å². The topological polar surface area (TPSA) is 48.4 Å². The largest absolute Gasteiger partial charge is 0.308 e. The van der Waals surface area contributed by atoms with Crippen LogP contribution in [0.4, 0.5) is 0 Å². The average Bonchev–Trinajstić information content (AvgIpc) is 4.13. The van der Waals surface area contributed by atoms with E-state index in [9.17, 15) is 0 Å². The monoisotopic (exact) mass is 997 g/mol. The molecule has 0 amide bonds. The Kier molecular flexibility index (Phi) is 9.98. The Morgan fingerprint density at radius 2 is 0.684 bits per heavy atom. The third-order valence-corrected chi connectivity index (χ3v) is 21.2. The lowest BCUT2D eigenvalue weighted by Gasteiger charge is -2.34. The first kappa shape index (κ1) is 45.7. The maximum absolute atomic E-state index is 15.5. The Labute approximate surface area is 441 Å². The molecule has 4 aromatic heterocycles. The molecule has 0 fully saturated rings. The first-order valence-corrected chi connectivity index (χ1v) is 28.4. The van der Waals surface area contributed by atoms with Crippen LogP contribution in [0.5, 0.6) is 0 Å². The fourth-order valence-electron chi connectivity index (χ4n) is 12.7. The van der Waals surface area contributed by atoms with E-state index < -0.39 is 8.07 Å². The minimum absolute atomic E-state index is 0.0840. The Morgan fingerprint density at radius 1 is 0.303 bits per heavy atom. The molecule has 0 N–H and O–H groups in total. The smallest absolute Gasteiger partial charge is 0.197 e. The summed E-state index contributed by atoms with van der Waals surface area (Å²) in [6.45, 7) is 13.1. The number of rotatable bonds is 6. The van der Waals surface area contributed by atoms with Gasteiger partial charge in [0.05, 0.1) is 38.6 Å². The summed E-state index contributed by atoms with van der Waals surface area (Å²) in [5.74, 6) is 0. The van der Waals surface area contributed by atoms with Crippen molar-refractivity contribution in [2.75, 3.05) is 0 Å².